The van der Waals surface area contributed by atoms with E-state index in [2.05, 4.69) is 46.6 Å². The van der Waals surface area contributed by atoms with E-state index in [1.54, 1.807) is 0 Å². The van der Waals surface area contributed by atoms with Crippen LogP contribution in [0.15, 0.2) is 0 Å². The second-order valence-corrected chi connectivity index (χ2v) is 7.09. The van der Waals surface area contributed by atoms with Gasteiger partial charge in [0.15, 0.2) is 0 Å². The second kappa shape index (κ2) is 5.05. The number of likely N-dealkylation sites (N-methyl/N-ethyl adjacent to an activating group) is 1. The maximum atomic E-state index is 10.2. The first-order chi connectivity index (χ1) is 7.20. The van der Waals surface area contributed by atoms with Crippen LogP contribution < -0.4 is 0 Å². The van der Waals surface area contributed by atoms with Crippen molar-refractivity contribution < 1.29 is 5.11 Å². The lowest BCUT2D eigenvalue weighted by atomic mass is 9.77. The number of aliphatic hydroxyl groups is 1. The number of hydrogen-bond donors (Lipinski definition) is 1. The minimum absolute atomic E-state index is 0.147. The number of hydrogen-bond acceptors (Lipinski definition) is 2. The molecule has 96 valence electrons. The van der Waals surface area contributed by atoms with E-state index in [9.17, 15) is 5.11 Å². The van der Waals surface area contributed by atoms with Crippen LogP contribution in [0.25, 0.3) is 0 Å². The van der Waals surface area contributed by atoms with E-state index < -0.39 is 0 Å². The third-order valence-electron chi connectivity index (χ3n) is 3.63. The van der Waals surface area contributed by atoms with Crippen LogP contribution in [0.2, 0.25) is 0 Å². The average Bonchev–Trinajstić information content (AvgIpc) is 1.96. The van der Waals surface area contributed by atoms with Gasteiger partial charge in [-0.05, 0) is 37.1 Å². The largest absolute Gasteiger partial charge is 0.391 e. The van der Waals surface area contributed by atoms with Gasteiger partial charge in [0.2, 0.25) is 0 Å². The highest BCUT2D eigenvalue weighted by atomic mass is 16.3. The molecule has 4 atom stereocenters. The number of nitrogens with zero attached hydrogens (tertiary/aromatic N) is 1. The molecule has 0 aromatic rings. The lowest BCUT2D eigenvalue weighted by molar-refractivity contribution is -0.0237. The van der Waals surface area contributed by atoms with Crippen molar-refractivity contribution >= 4 is 0 Å². The molecule has 2 nitrogen and oxygen atoms in total. The Morgan fingerprint density at radius 2 is 1.75 bits per heavy atom. The van der Waals surface area contributed by atoms with Crippen LogP contribution in [-0.2, 0) is 0 Å². The molecule has 1 N–H and O–H groups in total. The Morgan fingerprint density at radius 3 is 2.19 bits per heavy atom. The zero-order chi connectivity index (χ0) is 12.5. The fourth-order valence-electron chi connectivity index (χ4n) is 3.38. The van der Waals surface area contributed by atoms with Crippen molar-refractivity contribution in [3.63, 3.8) is 0 Å². The van der Waals surface area contributed by atoms with Gasteiger partial charge >= 0.3 is 0 Å². The summed E-state index contributed by atoms with van der Waals surface area (Å²) in [5, 5.41) is 10.2. The van der Waals surface area contributed by atoms with E-state index in [0.717, 1.165) is 13.0 Å². The topological polar surface area (TPSA) is 23.5 Å². The molecule has 0 aromatic heterocycles. The van der Waals surface area contributed by atoms with Crippen molar-refractivity contribution in [1.82, 2.24) is 4.90 Å². The summed E-state index contributed by atoms with van der Waals surface area (Å²) in [7, 11) is 2.16. The molecule has 0 heterocycles. The van der Waals surface area contributed by atoms with E-state index in [-0.39, 0.29) is 6.10 Å². The molecule has 0 radical (unpaired) electrons. The van der Waals surface area contributed by atoms with E-state index in [1.165, 1.54) is 6.42 Å². The van der Waals surface area contributed by atoms with Crippen molar-refractivity contribution in [1.29, 1.82) is 0 Å². The molecule has 1 rings (SSSR count). The molecular formula is C14H29NO. The van der Waals surface area contributed by atoms with Gasteiger partial charge in [0.1, 0.15) is 0 Å². The predicted octanol–water partition coefficient (Wildman–Crippen LogP) is 2.76. The Morgan fingerprint density at radius 1 is 1.19 bits per heavy atom. The van der Waals surface area contributed by atoms with Crippen LogP contribution in [0, 0.1) is 17.3 Å². The summed E-state index contributed by atoms with van der Waals surface area (Å²) >= 11 is 0. The van der Waals surface area contributed by atoms with E-state index in [4.69, 9.17) is 0 Å². The first-order valence-electron chi connectivity index (χ1n) is 6.59. The van der Waals surface area contributed by atoms with Crippen molar-refractivity contribution in [3.8, 4) is 0 Å². The zero-order valence-electron chi connectivity index (χ0n) is 11.8. The summed E-state index contributed by atoms with van der Waals surface area (Å²) in [5.74, 6) is 1.27. The molecule has 0 bridgehead atoms. The summed E-state index contributed by atoms with van der Waals surface area (Å²) in [5.41, 5.74) is 0.303. The minimum atomic E-state index is -0.147. The number of aliphatic hydroxyl groups excluding tert-OH is 1. The first kappa shape index (κ1) is 14.0. The first-order valence-corrected chi connectivity index (χ1v) is 6.59. The van der Waals surface area contributed by atoms with E-state index in [1.807, 2.05) is 0 Å². The molecule has 1 aliphatic rings. The third-order valence-corrected chi connectivity index (χ3v) is 3.63. The summed E-state index contributed by atoms with van der Waals surface area (Å²) in [6.45, 7) is 12.3. The normalized spacial score (nSPS) is 36.8. The predicted molar refractivity (Wildman–Crippen MR) is 69.4 cm³/mol. The second-order valence-electron chi connectivity index (χ2n) is 7.09. The highest BCUT2D eigenvalue weighted by molar-refractivity contribution is 4.89. The fraction of sp³-hybridized carbons (Fsp3) is 1.00. The van der Waals surface area contributed by atoms with E-state index >= 15 is 0 Å². The van der Waals surface area contributed by atoms with E-state index in [0.29, 0.717) is 23.3 Å². The van der Waals surface area contributed by atoms with Gasteiger partial charge in [-0.2, -0.15) is 0 Å². The smallest absolute Gasteiger partial charge is 0.0700 e. The van der Waals surface area contributed by atoms with Gasteiger partial charge < -0.3 is 10.0 Å². The quantitative estimate of drug-likeness (QED) is 0.784. The Balaban J connectivity index is 2.63. The highest BCUT2D eigenvalue weighted by Gasteiger charge is 2.36. The molecule has 0 aliphatic heterocycles. The van der Waals surface area contributed by atoms with Gasteiger partial charge in [0.25, 0.3) is 0 Å². The highest BCUT2D eigenvalue weighted by Crippen LogP contribution is 2.32. The molecule has 0 aromatic carbocycles. The fourth-order valence-corrected chi connectivity index (χ4v) is 3.38. The van der Waals surface area contributed by atoms with Crippen LogP contribution >= 0.6 is 0 Å². The van der Waals surface area contributed by atoms with Gasteiger partial charge in [-0.25, -0.2) is 0 Å². The van der Waals surface area contributed by atoms with Crippen molar-refractivity contribution in [3.05, 3.63) is 0 Å². The maximum absolute atomic E-state index is 10.2. The Labute approximate surface area is 101 Å². The maximum Gasteiger partial charge on any atom is 0.0700 e. The molecule has 2 heteroatoms. The zero-order valence-corrected chi connectivity index (χ0v) is 11.8. The van der Waals surface area contributed by atoms with Gasteiger partial charge in [-0.15, -0.1) is 0 Å². The SMILES string of the molecule is CC1CC(C)C(N(C)CC(C)(C)C)C(O)C1. The molecule has 1 fully saturated rings. The summed E-state index contributed by atoms with van der Waals surface area (Å²) in [4.78, 5) is 2.36. The van der Waals surface area contributed by atoms with Crippen LogP contribution in [0.1, 0.15) is 47.5 Å². The van der Waals surface area contributed by atoms with Crippen molar-refractivity contribution in [2.45, 2.75) is 59.6 Å². The standard InChI is InChI=1S/C14H29NO/c1-10-7-11(2)13(12(16)8-10)15(6)9-14(3,4)5/h10-13,16H,7-9H2,1-6H3. The van der Waals surface area contributed by atoms with Gasteiger partial charge in [-0.1, -0.05) is 34.6 Å². The van der Waals surface area contributed by atoms with Crippen LogP contribution in [-0.4, -0.2) is 35.7 Å². The average molecular weight is 227 g/mol. The Bertz CT molecular complexity index is 209. The van der Waals surface area contributed by atoms with Gasteiger partial charge in [0, 0.05) is 12.6 Å². The third kappa shape index (κ3) is 3.74. The molecule has 16 heavy (non-hydrogen) atoms. The monoisotopic (exact) mass is 227 g/mol. The molecule has 1 aliphatic carbocycles. The van der Waals surface area contributed by atoms with Crippen molar-refractivity contribution in [2.24, 2.45) is 17.3 Å². The minimum Gasteiger partial charge on any atom is -0.391 e. The van der Waals surface area contributed by atoms with Crippen LogP contribution in [0.5, 0.6) is 0 Å². The summed E-state index contributed by atoms with van der Waals surface area (Å²) < 4.78 is 0. The number of rotatable bonds is 2. The Kier molecular flexibility index (Phi) is 4.42. The van der Waals surface area contributed by atoms with Crippen molar-refractivity contribution in [2.75, 3.05) is 13.6 Å². The molecule has 1 saturated carbocycles. The summed E-state index contributed by atoms with van der Waals surface area (Å²) in [6, 6.07) is 0.343. The lowest BCUT2D eigenvalue weighted by Crippen LogP contribution is -2.51. The molecule has 0 spiro atoms. The molecular weight excluding hydrogens is 198 g/mol. The van der Waals surface area contributed by atoms with Crippen LogP contribution in [0.3, 0.4) is 0 Å². The van der Waals surface area contributed by atoms with Gasteiger partial charge in [-0.3, -0.25) is 0 Å². The Hall–Kier alpha value is -0.0800. The summed E-state index contributed by atoms with van der Waals surface area (Å²) in [6.07, 6.45) is 2.06. The molecule has 0 saturated heterocycles. The lowest BCUT2D eigenvalue weighted by Gasteiger charge is -2.44. The van der Waals surface area contributed by atoms with Gasteiger partial charge in [0.05, 0.1) is 6.10 Å². The molecule has 0 amide bonds. The molecule has 4 unspecified atom stereocenters. The van der Waals surface area contributed by atoms with Crippen LogP contribution in [0.4, 0.5) is 0 Å².